The summed E-state index contributed by atoms with van der Waals surface area (Å²) in [6, 6.07) is 0. The van der Waals surface area contributed by atoms with Crippen molar-refractivity contribution >= 4 is 15.7 Å². The Bertz CT molecular complexity index is 505. The Morgan fingerprint density at radius 1 is 1.33 bits per heavy atom. The summed E-state index contributed by atoms with van der Waals surface area (Å²) >= 11 is 1.33. The number of hydrogen-bond acceptors (Lipinski definition) is 3. The van der Waals surface area contributed by atoms with E-state index in [0.717, 1.165) is 0 Å². The second-order valence-corrected chi connectivity index (χ2v) is 4.27. The Morgan fingerprint density at radius 3 is 2.40 bits per heavy atom. The minimum absolute atomic E-state index is 0.421. The molecule has 0 saturated carbocycles. The van der Waals surface area contributed by atoms with Gasteiger partial charge in [-0.2, -0.15) is 0 Å². The monoisotopic (exact) mass is 373 g/mol. The predicted molar refractivity (Wildman–Crippen MR) is 59.9 cm³/mol. The first-order valence-electron chi connectivity index (χ1n) is 4.32. The predicted octanol–water partition coefficient (Wildman–Crippen LogP) is 0.267. The van der Waals surface area contributed by atoms with Crippen molar-refractivity contribution in [2.75, 3.05) is 19.0 Å². The summed E-state index contributed by atoms with van der Waals surface area (Å²) < 4.78 is 1.92. The van der Waals surface area contributed by atoms with Crippen LogP contribution in [0.1, 0.15) is 5.56 Å². The molecule has 0 aliphatic heterocycles. The molecule has 0 unspecified atom stereocenters. The molecule has 1 aromatic rings. The van der Waals surface area contributed by atoms with Crippen molar-refractivity contribution in [3.63, 3.8) is 0 Å². The van der Waals surface area contributed by atoms with Gasteiger partial charge in [0.15, 0.2) is 0 Å². The molecule has 0 aromatic heterocycles. The van der Waals surface area contributed by atoms with Crippen LogP contribution in [0.15, 0.2) is 28.3 Å². The first-order chi connectivity index (χ1) is 7.00. The van der Waals surface area contributed by atoms with Crippen molar-refractivity contribution in [2.45, 2.75) is 0 Å². The van der Waals surface area contributed by atoms with Crippen molar-refractivity contribution in [3.8, 4) is 0 Å². The standard InChI is InChI=1S/C11H11NO2.W/c1-5-6-7(2)8-9(12(3)4)11(14)10(8)13;/h1,5-6H,2H2,3-4H3;/b6-5-;. The molecule has 1 rings (SSSR count). The zero-order valence-corrected chi connectivity index (χ0v) is 11.5. The molecule has 15 heavy (non-hydrogen) atoms. The van der Waals surface area contributed by atoms with Crippen molar-refractivity contribution in [1.82, 2.24) is 0 Å². The summed E-state index contributed by atoms with van der Waals surface area (Å²) in [6.45, 7) is 3.78. The molecule has 0 atom stereocenters. The van der Waals surface area contributed by atoms with E-state index in [4.69, 9.17) is 0 Å². The van der Waals surface area contributed by atoms with Crippen LogP contribution in [0.2, 0.25) is 0 Å². The van der Waals surface area contributed by atoms with Gasteiger partial charge in [-0.25, -0.2) is 0 Å². The van der Waals surface area contributed by atoms with Crippen molar-refractivity contribution < 1.29 is 19.4 Å². The number of allylic oxidation sites excluding steroid dienone is 3. The average molecular weight is 373 g/mol. The van der Waals surface area contributed by atoms with E-state index in [2.05, 4.69) is 6.58 Å². The fourth-order valence-corrected chi connectivity index (χ4v) is 1.63. The second kappa shape index (κ2) is 4.63. The van der Waals surface area contributed by atoms with Gasteiger partial charge in [0.2, 0.25) is 0 Å². The summed E-state index contributed by atoms with van der Waals surface area (Å²) in [6.07, 6.45) is 3.57. The topological polar surface area (TPSA) is 37.4 Å². The van der Waals surface area contributed by atoms with Crippen LogP contribution in [0, 0.1) is 0 Å². The van der Waals surface area contributed by atoms with Gasteiger partial charge in [0.1, 0.15) is 0 Å². The molecule has 0 aliphatic carbocycles. The molecule has 4 heteroatoms. The molecule has 0 amide bonds. The van der Waals surface area contributed by atoms with Crippen LogP contribution in [-0.2, 0) is 19.4 Å². The minimum atomic E-state index is -0.434. The number of anilines is 1. The molecule has 78 valence electrons. The maximum absolute atomic E-state index is 11.3. The molecule has 0 spiro atoms. The first kappa shape index (κ1) is 12.0. The number of nitrogens with zero attached hydrogens (tertiary/aromatic N) is 1. The van der Waals surface area contributed by atoms with Gasteiger partial charge in [-0.3, -0.25) is 0 Å². The van der Waals surface area contributed by atoms with Crippen molar-refractivity contribution in [3.05, 3.63) is 44.7 Å². The van der Waals surface area contributed by atoms with E-state index in [1.165, 1.54) is 19.4 Å². The van der Waals surface area contributed by atoms with Crippen LogP contribution in [0.4, 0.5) is 5.69 Å². The van der Waals surface area contributed by atoms with Crippen LogP contribution in [-0.4, -0.2) is 18.5 Å². The van der Waals surface area contributed by atoms with Crippen LogP contribution in [0.3, 0.4) is 0 Å². The summed E-state index contributed by atoms with van der Waals surface area (Å²) in [5, 5.41) is 0. The Labute approximate surface area is 98.8 Å². The molecule has 0 N–H and O–H groups in total. The summed E-state index contributed by atoms with van der Waals surface area (Å²) in [5.41, 5.74) is 0.643. The van der Waals surface area contributed by atoms with Gasteiger partial charge in [0.25, 0.3) is 0 Å². The Balaban J connectivity index is 3.17. The third kappa shape index (κ3) is 2.13. The zero-order valence-electron chi connectivity index (χ0n) is 8.61. The van der Waals surface area contributed by atoms with E-state index in [1.54, 1.807) is 25.1 Å². The van der Waals surface area contributed by atoms with E-state index in [9.17, 15) is 9.59 Å². The van der Waals surface area contributed by atoms with Gasteiger partial charge in [-0.15, -0.1) is 0 Å². The van der Waals surface area contributed by atoms with E-state index < -0.39 is 10.9 Å². The quantitative estimate of drug-likeness (QED) is 0.562. The van der Waals surface area contributed by atoms with Gasteiger partial charge in [-0.05, 0) is 0 Å². The maximum atomic E-state index is 11.3. The molecule has 0 saturated heterocycles. The molecule has 0 radical (unpaired) electrons. The molecule has 3 nitrogen and oxygen atoms in total. The molecule has 0 bridgehead atoms. The van der Waals surface area contributed by atoms with Crippen LogP contribution < -0.4 is 15.8 Å². The third-order valence-electron chi connectivity index (χ3n) is 2.03. The van der Waals surface area contributed by atoms with Crippen LogP contribution >= 0.6 is 0 Å². The Hall–Kier alpha value is -1.08. The summed E-state index contributed by atoms with van der Waals surface area (Å²) in [7, 11) is 3.49. The normalized spacial score (nSPS) is 10.8. The number of rotatable bonds is 4. The fraction of sp³-hybridized carbons (Fsp3) is 0.182. The van der Waals surface area contributed by atoms with Crippen molar-refractivity contribution in [1.29, 1.82) is 0 Å². The molecule has 1 aromatic carbocycles. The molecular formula is C11H11NO2W. The van der Waals surface area contributed by atoms with Gasteiger partial charge < -0.3 is 0 Å². The van der Waals surface area contributed by atoms with E-state index in [0.29, 0.717) is 16.8 Å². The fourth-order valence-electron chi connectivity index (χ4n) is 1.34. The zero-order chi connectivity index (χ0) is 11.6. The van der Waals surface area contributed by atoms with Gasteiger partial charge >= 0.3 is 98.8 Å². The second-order valence-electron chi connectivity index (χ2n) is 3.30. The van der Waals surface area contributed by atoms with Crippen LogP contribution in [0.25, 0.3) is 5.57 Å². The Kier molecular flexibility index (Phi) is 3.70. The van der Waals surface area contributed by atoms with Gasteiger partial charge in [0, 0.05) is 0 Å². The van der Waals surface area contributed by atoms with E-state index in [1.807, 2.05) is 10.5 Å². The molecule has 0 aliphatic rings. The summed E-state index contributed by atoms with van der Waals surface area (Å²) in [4.78, 5) is 24.3. The van der Waals surface area contributed by atoms with Crippen molar-refractivity contribution in [2.24, 2.45) is 0 Å². The molecule has 0 heterocycles. The molecule has 0 fully saturated rings. The molecular weight excluding hydrogens is 362 g/mol. The SMILES string of the molecule is C=C(/C=C\[CH]=[W])c1c(N(C)C)c(=O)c1=O. The van der Waals surface area contributed by atoms with Crippen LogP contribution in [0.5, 0.6) is 0 Å². The van der Waals surface area contributed by atoms with Gasteiger partial charge in [0.05, 0.1) is 0 Å². The first-order valence-corrected chi connectivity index (χ1v) is 6.01. The van der Waals surface area contributed by atoms with E-state index >= 15 is 0 Å². The van der Waals surface area contributed by atoms with Gasteiger partial charge in [-0.1, -0.05) is 0 Å². The third-order valence-corrected chi connectivity index (χ3v) is 2.59. The van der Waals surface area contributed by atoms with E-state index in [-0.39, 0.29) is 0 Å². The average Bonchev–Trinajstić information content (AvgIpc) is 2.20. The summed E-state index contributed by atoms with van der Waals surface area (Å²) in [5.74, 6) is 0. The number of hydrogen-bond donors (Lipinski definition) is 0. The Morgan fingerprint density at radius 2 is 1.93 bits per heavy atom.